The molecule has 7 heteroatoms. The second kappa shape index (κ2) is 5.86. The highest BCUT2D eigenvalue weighted by Crippen LogP contribution is 2.25. The standard InChI is InChI=1S/C12H9Cl2N3O2/c13-10-11(14)15-6-16-12(10)17-9(19)5-7-1-3-8(18)4-2-7/h1-4,6,18H,5H2,(H,15,16,17,19). The van der Waals surface area contributed by atoms with Crippen LogP contribution in [-0.2, 0) is 11.2 Å². The van der Waals surface area contributed by atoms with E-state index < -0.39 is 0 Å². The number of carbonyl (C=O) groups is 1. The van der Waals surface area contributed by atoms with Crippen LogP contribution < -0.4 is 5.32 Å². The van der Waals surface area contributed by atoms with Crippen molar-refractivity contribution in [2.45, 2.75) is 6.42 Å². The number of nitrogens with one attached hydrogen (secondary N) is 1. The van der Waals surface area contributed by atoms with Gasteiger partial charge in [0.15, 0.2) is 11.0 Å². The Kier molecular flexibility index (Phi) is 4.19. The Hall–Kier alpha value is -1.85. The van der Waals surface area contributed by atoms with Gasteiger partial charge in [-0.3, -0.25) is 4.79 Å². The van der Waals surface area contributed by atoms with E-state index in [4.69, 9.17) is 28.3 Å². The highest BCUT2D eigenvalue weighted by Gasteiger charge is 2.11. The van der Waals surface area contributed by atoms with Crippen LogP contribution in [0.25, 0.3) is 0 Å². The summed E-state index contributed by atoms with van der Waals surface area (Å²) in [7, 11) is 0. The van der Waals surface area contributed by atoms with Crippen LogP contribution >= 0.6 is 23.2 Å². The van der Waals surface area contributed by atoms with E-state index >= 15 is 0 Å². The summed E-state index contributed by atoms with van der Waals surface area (Å²) in [5, 5.41) is 11.9. The van der Waals surface area contributed by atoms with Gasteiger partial charge < -0.3 is 10.4 Å². The Labute approximate surface area is 119 Å². The minimum absolute atomic E-state index is 0.0802. The molecule has 0 saturated heterocycles. The van der Waals surface area contributed by atoms with Crippen molar-refractivity contribution in [2.75, 3.05) is 5.32 Å². The summed E-state index contributed by atoms with van der Waals surface area (Å²) in [5.41, 5.74) is 0.756. The first-order valence-electron chi connectivity index (χ1n) is 5.30. The molecule has 1 aromatic carbocycles. The number of hydrogen-bond acceptors (Lipinski definition) is 4. The van der Waals surface area contributed by atoms with Crippen molar-refractivity contribution in [3.8, 4) is 5.75 Å². The van der Waals surface area contributed by atoms with Crippen molar-refractivity contribution < 1.29 is 9.90 Å². The molecule has 1 heterocycles. The number of aromatic hydroxyl groups is 1. The third kappa shape index (κ3) is 3.56. The lowest BCUT2D eigenvalue weighted by Gasteiger charge is -2.06. The number of hydrogen-bond donors (Lipinski definition) is 2. The van der Waals surface area contributed by atoms with Gasteiger partial charge in [-0.05, 0) is 17.7 Å². The van der Waals surface area contributed by atoms with E-state index in [-0.39, 0.29) is 34.1 Å². The predicted octanol–water partition coefficient (Wildman–Crippen LogP) is 2.67. The molecule has 1 aromatic heterocycles. The zero-order valence-electron chi connectivity index (χ0n) is 9.60. The number of phenolic OH excluding ortho intramolecular Hbond substituents is 1. The van der Waals surface area contributed by atoms with E-state index in [0.717, 1.165) is 5.56 Å². The Morgan fingerprint density at radius 1 is 1.21 bits per heavy atom. The number of amides is 1. The van der Waals surface area contributed by atoms with Gasteiger partial charge >= 0.3 is 0 Å². The fourth-order valence-corrected chi connectivity index (χ4v) is 1.69. The van der Waals surface area contributed by atoms with Gasteiger partial charge in [0.25, 0.3) is 0 Å². The molecule has 19 heavy (non-hydrogen) atoms. The van der Waals surface area contributed by atoms with Gasteiger partial charge in [-0.25, -0.2) is 9.97 Å². The highest BCUT2D eigenvalue weighted by atomic mass is 35.5. The zero-order valence-corrected chi connectivity index (χ0v) is 11.1. The molecule has 0 saturated carbocycles. The number of rotatable bonds is 3. The van der Waals surface area contributed by atoms with Crippen LogP contribution in [-0.4, -0.2) is 21.0 Å². The molecule has 0 unspecified atom stereocenters. The van der Waals surface area contributed by atoms with Crippen molar-refractivity contribution in [2.24, 2.45) is 0 Å². The maximum atomic E-state index is 11.8. The molecule has 1 amide bonds. The first kappa shape index (κ1) is 13.6. The smallest absolute Gasteiger partial charge is 0.229 e. The van der Waals surface area contributed by atoms with Crippen molar-refractivity contribution in [3.63, 3.8) is 0 Å². The lowest BCUT2D eigenvalue weighted by Crippen LogP contribution is -2.15. The summed E-state index contributed by atoms with van der Waals surface area (Å²) in [6.45, 7) is 0. The van der Waals surface area contributed by atoms with Gasteiger partial charge in [0.1, 0.15) is 17.1 Å². The molecular formula is C12H9Cl2N3O2. The molecule has 0 fully saturated rings. The van der Waals surface area contributed by atoms with E-state index in [1.165, 1.54) is 18.5 Å². The normalized spacial score (nSPS) is 10.2. The van der Waals surface area contributed by atoms with E-state index in [0.29, 0.717) is 0 Å². The van der Waals surface area contributed by atoms with Crippen molar-refractivity contribution in [3.05, 3.63) is 46.3 Å². The van der Waals surface area contributed by atoms with Crippen LogP contribution in [0.2, 0.25) is 10.2 Å². The molecule has 5 nitrogen and oxygen atoms in total. The van der Waals surface area contributed by atoms with Crippen LogP contribution in [0.4, 0.5) is 5.82 Å². The fourth-order valence-electron chi connectivity index (χ4n) is 1.41. The number of carbonyl (C=O) groups excluding carboxylic acids is 1. The summed E-state index contributed by atoms with van der Waals surface area (Å²) >= 11 is 11.6. The van der Waals surface area contributed by atoms with E-state index in [2.05, 4.69) is 15.3 Å². The monoisotopic (exact) mass is 297 g/mol. The van der Waals surface area contributed by atoms with Crippen LogP contribution in [0, 0.1) is 0 Å². The third-order valence-corrected chi connectivity index (χ3v) is 3.05. The van der Waals surface area contributed by atoms with Crippen LogP contribution in [0.1, 0.15) is 5.56 Å². The molecule has 0 aliphatic heterocycles. The Morgan fingerprint density at radius 3 is 2.58 bits per heavy atom. The SMILES string of the molecule is O=C(Cc1ccc(O)cc1)Nc1ncnc(Cl)c1Cl. The number of halogens is 2. The van der Waals surface area contributed by atoms with Crippen LogP contribution in [0.15, 0.2) is 30.6 Å². The highest BCUT2D eigenvalue weighted by molar-refractivity contribution is 6.42. The number of nitrogens with zero attached hydrogens (tertiary/aromatic N) is 2. The number of benzene rings is 1. The minimum atomic E-state index is -0.289. The summed E-state index contributed by atoms with van der Waals surface area (Å²) in [5.74, 6) is 0.0302. The number of aromatic nitrogens is 2. The number of phenols is 1. The fraction of sp³-hybridized carbons (Fsp3) is 0.0833. The Bertz CT molecular complexity index is 602. The first-order valence-corrected chi connectivity index (χ1v) is 6.05. The number of anilines is 1. The molecule has 0 aliphatic carbocycles. The average molecular weight is 298 g/mol. The first-order chi connectivity index (χ1) is 9.06. The quantitative estimate of drug-likeness (QED) is 0.854. The molecule has 2 rings (SSSR count). The van der Waals surface area contributed by atoms with Gasteiger partial charge in [0.2, 0.25) is 5.91 Å². The molecule has 2 aromatic rings. The molecule has 0 spiro atoms. The molecule has 0 radical (unpaired) electrons. The lowest BCUT2D eigenvalue weighted by molar-refractivity contribution is -0.115. The molecular weight excluding hydrogens is 289 g/mol. The summed E-state index contributed by atoms with van der Waals surface area (Å²) < 4.78 is 0. The maximum Gasteiger partial charge on any atom is 0.229 e. The summed E-state index contributed by atoms with van der Waals surface area (Å²) in [4.78, 5) is 19.3. The lowest BCUT2D eigenvalue weighted by atomic mass is 10.1. The van der Waals surface area contributed by atoms with E-state index in [9.17, 15) is 4.79 Å². The van der Waals surface area contributed by atoms with Gasteiger partial charge in [-0.15, -0.1) is 0 Å². The van der Waals surface area contributed by atoms with Crippen molar-refractivity contribution >= 4 is 34.9 Å². The molecule has 0 bridgehead atoms. The zero-order chi connectivity index (χ0) is 13.8. The topological polar surface area (TPSA) is 75.1 Å². The maximum absolute atomic E-state index is 11.8. The molecule has 0 aliphatic rings. The van der Waals surface area contributed by atoms with Gasteiger partial charge in [-0.1, -0.05) is 35.3 Å². The molecule has 98 valence electrons. The average Bonchev–Trinajstić information content (AvgIpc) is 2.38. The minimum Gasteiger partial charge on any atom is -0.508 e. The van der Waals surface area contributed by atoms with Crippen molar-refractivity contribution in [1.82, 2.24) is 9.97 Å². The van der Waals surface area contributed by atoms with Gasteiger partial charge in [-0.2, -0.15) is 0 Å². The van der Waals surface area contributed by atoms with Crippen LogP contribution in [0.3, 0.4) is 0 Å². The largest absolute Gasteiger partial charge is 0.508 e. The van der Waals surface area contributed by atoms with E-state index in [1.807, 2.05) is 0 Å². The third-order valence-electron chi connectivity index (χ3n) is 2.31. The molecule has 2 N–H and O–H groups in total. The molecule has 0 atom stereocenters. The van der Waals surface area contributed by atoms with Gasteiger partial charge in [0.05, 0.1) is 6.42 Å². The second-order valence-corrected chi connectivity index (χ2v) is 4.45. The Morgan fingerprint density at radius 2 is 1.89 bits per heavy atom. The summed E-state index contributed by atoms with van der Waals surface area (Å²) in [6.07, 6.45) is 1.35. The van der Waals surface area contributed by atoms with Crippen molar-refractivity contribution in [1.29, 1.82) is 0 Å². The van der Waals surface area contributed by atoms with Gasteiger partial charge in [0, 0.05) is 0 Å². The Balaban J connectivity index is 2.05. The predicted molar refractivity (Wildman–Crippen MR) is 72.5 cm³/mol. The second-order valence-electron chi connectivity index (χ2n) is 3.72. The van der Waals surface area contributed by atoms with E-state index in [1.54, 1.807) is 12.1 Å². The summed E-state index contributed by atoms with van der Waals surface area (Å²) in [6, 6.07) is 6.33. The van der Waals surface area contributed by atoms with Crippen LogP contribution in [0.5, 0.6) is 5.75 Å².